The predicted octanol–water partition coefficient (Wildman–Crippen LogP) is 3.72. The molecule has 0 aliphatic heterocycles. The molecule has 0 heterocycles. The summed E-state index contributed by atoms with van der Waals surface area (Å²) >= 11 is 0. The Bertz CT molecular complexity index is 617. The highest BCUT2D eigenvalue weighted by atomic mass is 16.0. The van der Waals surface area contributed by atoms with Gasteiger partial charge in [0.1, 0.15) is 5.54 Å². The first-order chi connectivity index (χ1) is 11.2. The van der Waals surface area contributed by atoms with E-state index in [1.807, 2.05) is 0 Å². The molecule has 0 radical (unpaired) electrons. The monoisotopic (exact) mass is 354 g/mol. The van der Waals surface area contributed by atoms with Crippen LogP contribution in [0.4, 0.5) is 0 Å². The van der Waals surface area contributed by atoms with E-state index in [4.69, 9.17) is 0 Å². The quantitative estimate of drug-likeness (QED) is 0.700. The van der Waals surface area contributed by atoms with Crippen LogP contribution in [0.3, 0.4) is 0 Å². The Morgan fingerprint density at radius 3 is 0.962 bits per heavy atom. The molecule has 4 heteroatoms. The smallest absolute Gasteiger partial charge is 0.107 e. The molecule has 0 amide bonds. The summed E-state index contributed by atoms with van der Waals surface area (Å²) in [5.41, 5.74) is 8.69. The average Bonchev–Trinajstić information content (AvgIpc) is 2.57. The molecular weight excluding hydrogens is 324 g/mol. The van der Waals surface area contributed by atoms with Gasteiger partial charge in [-0.25, -0.2) is 0 Å². The lowest BCUT2D eigenvalue weighted by Crippen LogP contribution is -2.76. The summed E-state index contributed by atoms with van der Waals surface area (Å²) in [6, 6.07) is 32.1. The molecule has 0 fully saturated rings. The molecule has 140 valence electrons. The summed E-state index contributed by atoms with van der Waals surface area (Å²) in [5, 5.41) is 0. The molecule has 0 aromatic heterocycles. The molecule has 3 rings (SSSR count). The summed E-state index contributed by atoms with van der Waals surface area (Å²) < 4.78 is 0. The number of quaternary nitrogens is 2. The van der Waals surface area contributed by atoms with Gasteiger partial charge in [0.25, 0.3) is 0 Å². The third-order valence-electron chi connectivity index (χ3n) is 4.27. The van der Waals surface area contributed by atoms with E-state index < -0.39 is 0 Å². The normalized spacial score (nSPS) is 10.0. The largest absolute Gasteiger partial charge is 0.870 e. The van der Waals surface area contributed by atoms with Crippen LogP contribution in [0.1, 0.15) is 16.7 Å². The number of rotatable bonds is 6. The molecule has 0 saturated carbocycles. The van der Waals surface area contributed by atoms with Gasteiger partial charge < -0.3 is 22.8 Å². The molecule has 9 N–H and O–H groups in total. The fourth-order valence-electron chi connectivity index (χ4n) is 3.27. The van der Waals surface area contributed by atoms with E-state index in [9.17, 15) is 0 Å². The summed E-state index contributed by atoms with van der Waals surface area (Å²) in [5.74, 6) is 0. The third kappa shape index (κ3) is 6.78. The highest BCUT2D eigenvalue weighted by Crippen LogP contribution is 2.20. The SMILES string of the molecule is [NH3+]C(Cc1ccccc1)(Cc1ccccc1)Cc1ccccc1.[NH4+].[OH-].[OH-]. The molecule has 0 spiro atoms. The lowest BCUT2D eigenvalue weighted by atomic mass is 9.81. The second-order valence-corrected chi connectivity index (χ2v) is 6.49. The fourth-order valence-corrected chi connectivity index (χ4v) is 3.27. The molecule has 4 nitrogen and oxygen atoms in total. The van der Waals surface area contributed by atoms with Gasteiger partial charge in [-0.1, -0.05) is 91.0 Å². The van der Waals surface area contributed by atoms with Crippen molar-refractivity contribution in [3.8, 4) is 0 Å². The summed E-state index contributed by atoms with van der Waals surface area (Å²) in [4.78, 5) is 0. The van der Waals surface area contributed by atoms with Gasteiger partial charge >= 0.3 is 0 Å². The molecular formula is C22H30N2O2. The predicted molar refractivity (Wildman–Crippen MR) is 106 cm³/mol. The van der Waals surface area contributed by atoms with Crippen LogP contribution in [0.2, 0.25) is 0 Å². The Hall–Kier alpha value is -2.50. The highest BCUT2D eigenvalue weighted by Gasteiger charge is 2.30. The first-order valence-corrected chi connectivity index (χ1v) is 8.21. The average molecular weight is 354 g/mol. The molecule has 0 atom stereocenters. The van der Waals surface area contributed by atoms with Crippen LogP contribution in [-0.2, 0) is 19.3 Å². The van der Waals surface area contributed by atoms with E-state index in [1.54, 1.807) is 0 Å². The Morgan fingerprint density at radius 2 is 0.731 bits per heavy atom. The van der Waals surface area contributed by atoms with E-state index >= 15 is 0 Å². The second-order valence-electron chi connectivity index (χ2n) is 6.49. The van der Waals surface area contributed by atoms with Gasteiger partial charge in [0.05, 0.1) is 0 Å². The molecule has 3 aromatic rings. The van der Waals surface area contributed by atoms with Gasteiger partial charge in [0.15, 0.2) is 0 Å². The molecule has 26 heavy (non-hydrogen) atoms. The van der Waals surface area contributed by atoms with Gasteiger partial charge in [0.2, 0.25) is 0 Å². The van der Waals surface area contributed by atoms with Gasteiger partial charge in [-0.3, -0.25) is 0 Å². The fraction of sp³-hybridized carbons (Fsp3) is 0.182. The first kappa shape index (κ1) is 23.5. The Morgan fingerprint density at radius 1 is 0.500 bits per heavy atom. The maximum absolute atomic E-state index is 4.66. The van der Waals surface area contributed by atoms with Crippen molar-refractivity contribution in [2.24, 2.45) is 0 Å². The van der Waals surface area contributed by atoms with E-state index in [0.29, 0.717) is 0 Å². The number of hydrogen-bond acceptors (Lipinski definition) is 2. The van der Waals surface area contributed by atoms with E-state index in [0.717, 1.165) is 19.3 Å². The van der Waals surface area contributed by atoms with Gasteiger partial charge in [-0.05, 0) is 16.7 Å². The Kier molecular flexibility index (Phi) is 10.1. The topological polar surface area (TPSA) is 124 Å². The van der Waals surface area contributed by atoms with E-state index in [-0.39, 0.29) is 22.6 Å². The summed E-state index contributed by atoms with van der Waals surface area (Å²) in [6.45, 7) is 0. The minimum atomic E-state index is -0.0376. The lowest BCUT2D eigenvalue weighted by molar-refractivity contribution is -0.477. The van der Waals surface area contributed by atoms with Crippen molar-refractivity contribution in [3.63, 3.8) is 0 Å². The Labute approximate surface area is 155 Å². The zero-order valence-corrected chi connectivity index (χ0v) is 15.4. The Balaban J connectivity index is 0.00000208. The summed E-state index contributed by atoms with van der Waals surface area (Å²) in [7, 11) is 0. The molecule has 0 aliphatic carbocycles. The maximum atomic E-state index is 4.66. The van der Waals surface area contributed by atoms with Crippen molar-refractivity contribution in [2.45, 2.75) is 24.8 Å². The van der Waals surface area contributed by atoms with Gasteiger partial charge in [-0.15, -0.1) is 0 Å². The van der Waals surface area contributed by atoms with Crippen molar-refractivity contribution >= 4 is 0 Å². The zero-order valence-electron chi connectivity index (χ0n) is 15.4. The standard InChI is InChI=1S/C22H23N.H3N.2H2O/c23-22(16-19-10-4-1-5-11-19,17-20-12-6-2-7-13-20)18-21-14-8-3-9-15-21;;;/h1-15H,16-18,23H2;1H3;2*1H2. The van der Waals surface area contributed by atoms with Crippen molar-refractivity contribution in [1.29, 1.82) is 0 Å². The van der Waals surface area contributed by atoms with Crippen molar-refractivity contribution in [3.05, 3.63) is 108 Å². The second kappa shape index (κ2) is 11.2. The number of hydrogen-bond donors (Lipinski definition) is 2. The van der Waals surface area contributed by atoms with Crippen LogP contribution in [0.5, 0.6) is 0 Å². The summed E-state index contributed by atoms with van der Waals surface area (Å²) in [6.07, 6.45) is 2.95. The zero-order chi connectivity index (χ0) is 16.0. The molecule has 0 bridgehead atoms. The van der Waals surface area contributed by atoms with Crippen LogP contribution < -0.4 is 11.9 Å². The minimum Gasteiger partial charge on any atom is -0.870 e. The van der Waals surface area contributed by atoms with E-state index in [1.165, 1.54) is 16.7 Å². The molecule has 0 unspecified atom stereocenters. The molecule has 3 aromatic carbocycles. The van der Waals surface area contributed by atoms with Gasteiger partial charge in [-0.2, -0.15) is 0 Å². The van der Waals surface area contributed by atoms with E-state index in [2.05, 4.69) is 96.7 Å². The van der Waals surface area contributed by atoms with Crippen LogP contribution in [0, 0.1) is 0 Å². The minimum absolute atomic E-state index is 0. The van der Waals surface area contributed by atoms with Crippen LogP contribution in [0.15, 0.2) is 91.0 Å². The van der Waals surface area contributed by atoms with Crippen LogP contribution in [-0.4, -0.2) is 16.5 Å². The number of benzene rings is 3. The van der Waals surface area contributed by atoms with Crippen molar-refractivity contribution in [2.75, 3.05) is 0 Å². The lowest BCUT2D eigenvalue weighted by Gasteiger charge is -2.27. The van der Waals surface area contributed by atoms with Gasteiger partial charge in [0, 0.05) is 19.3 Å². The third-order valence-corrected chi connectivity index (χ3v) is 4.27. The maximum Gasteiger partial charge on any atom is 0.107 e. The molecule has 0 saturated heterocycles. The highest BCUT2D eigenvalue weighted by molar-refractivity contribution is 5.24. The van der Waals surface area contributed by atoms with Crippen LogP contribution in [0.25, 0.3) is 0 Å². The first-order valence-electron chi connectivity index (χ1n) is 8.21. The van der Waals surface area contributed by atoms with Crippen LogP contribution >= 0.6 is 0 Å². The van der Waals surface area contributed by atoms with Crippen molar-refractivity contribution < 1.29 is 16.7 Å². The molecule has 0 aliphatic rings. The van der Waals surface area contributed by atoms with Crippen molar-refractivity contribution in [1.82, 2.24) is 6.15 Å².